The average molecular weight is 349 g/mol. The molecule has 0 saturated heterocycles. The smallest absolute Gasteiger partial charge is 0.339 e. The van der Waals surface area contributed by atoms with Crippen LogP contribution in [0.4, 0.5) is 0 Å². The lowest BCUT2D eigenvalue weighted by atomic mass is 10.0. The predicted octanol–water partition coefficient (Wildman–Crippen LogP) is 4.79. The number of methoxy groups -OCH3 is 1. The molecule has 0 bridgehead atoms. The molecule has 26 heavy (non-hydrogen) atoms. The first kappa shape index (κ1) is 16.4. The highest BCUT2D eigenvalue weighted by Gasteiger charge is 2.18. The van der Waals surface area contributed by atoms with Gasteiger partial charge in [0.25, 0.3) is 0 Å². The highest BCUT2D eigenvalue weighted by atomic mass is 16.5. The van der Waals surface area contributed by atoms with Crippen molar-refractivity contribution in [3.63, 3.8) is 0 Å². The van der Waals surface area contributed by atoms with Crippen molar-refractivity contribution >= 4 is 22.1 Å². The first-order chi connectivity index (χ1) is 12.5. The largest absolute Gasteiger partial charge is 0.497 e. The van der Waals surface area contributed by atoms with E-state index in [2.05, 4.69) is 4.98 Å². The SMILES string of the molecule is CCc1c(C)c2cc3nc(-c4ccc(OC)cc4)oc3c(C)c2oc1=O. The summed E-state index contributed by atoms with van der Waals surface area (Å²) in [7, 11) is 1.63. The van der Waals surface area contributed by atoms with Gasteiger partial charge in [0.1, 0.15) is 16.8 Å². The summed E-state index contributed by atoms with van der Waals surface area (Å²) in [5.41, 5.74) is 4.96. The Morgan fingerprint density at radius 1 is 1.04 bits per heavy atom. The van der Waals surface area contributed by atoms with Gasteiger partial charge < -0.3 is 13.6 Å². The quantitative estimate of drug-likeness (QED) is 0.498. The molecule has 4 aromatic rings. The van der Waals surface area contributed by atoms with E-state index in [1.807, 2.05) is 51.1 Å². The number of ether oxygens (including phenoxy) is 1. The Kier molecular flexibility index (Phi) is 3.80. The summed E-state index contributed by atoms with van der Waals surface area (Å²) in [5.74, 6) is 1.30. The predicted molar refractivity (Wildman–Crippen MR) is 101 cm³/mol. The van der Waals surface area contributed by atoms with Crippen molar-refractivity contribution in [3.05, 3.63) is 57.4 Å². The number of nitrogens with zero attached hydrogens (tertiary/aromatic N) is 1. The molecule has 132 valence electrons. The molecule has 2 aromatic carbocycles. The molecule has 2 heterocycles. The minimum atomic E-state index is -0.283. The third-order valence-electron chi connectivity index (χ3n) is 4.85. The topological polar surface area (TPSA) is 65.5 Å². The lowest BCUT2D eigenvalue weighted by Crippen LogP contribution is -2.09. The van der Waals surface area contributed by atoms with Crippen molar-refractivity contribution in [2.24, 2.45) is 0 Å². The van der Waals surface area contributed by atoms with Crippen LogP contribution < -0.4 is 10.4 Å². The van der Waals surface area contributed by atoms with Gasteiger partial charge in [-0.05, 0) is 56.2 Å². The van der Waals surface area contributed by atoms with Crippen molar-refractivity contribution < 1.29 is 13.6 Å². The second-order valence-electron chi connectivity index (χ2n) is 6.32. The van der Waals surface area contributed by atoms with Crippen LogP contribution in [-0.2, 0) is 6.42 Å². The standard InChI is InChI=1S/C21H19NO4/c1-5-15-11(2)16-10-17-19(12(3)18(16)26-21(15)23)25-20(22-17)13-6-8-14(24-4)9-7-13/h6-10H,5H2,1-4H3. The number of aromatic nitrogens is 1. The Morgan fingerprint density at radius 2 is 1.77 bits per heavy atom. The van der Waals surface area contributed by atoms with E-state index < -0.39 is 0 Å². The molecule has 0 amide bonds. The normalized spacial score (nSPS) is 11.4. The van der Waals surface area contributed by atoms with Crippen LogP contribution in [0, 0.1) is 13.8 Å². The molecular weight excluding hydrogens is 330 g/mol. The van der Waals surface area contributed by atoms with E-state index in [1.165, 1.54) is 0 Å². The first-order valence-electron chi connectivity index (χ1n) is 8.54. The molecule has 0 fully saturated rings. The van der Waals surface area contributed by atoms with E-state index in [-0.39, 0.29) is 5.63 Å². The second-order valence-corrected chi connectivity index (χ2v) is 6.32. The average Bonchev–Trinajstić information content (AvgIpc) is 3.08. The van der Waals surface area contributed by atoms with E-state index in [0.717, 1.165) is 33.3 Å². The molecule has 0 N–H and O–H groups in total. The van der Waals surface area contributed by atoms with Crippen molar-refractivity contribution in [1.29, 1.82) is 0 Å². The summed E-state index contributed by atoms with van der Waals surface area (Å²) in [5, 5.41) is 0.904. The van der Waals surface area contributed by atoms with Gasteiger partial charge in [-0.1, -0.05) is 6.92 Å². The van der Waals surface area contributed by atoms with Gasteiger partial charge in [-0.15, -0.1) is 0 Å². The van der Waals surface area contributed by atoms with E-state index in [9.17, 15) is 4.79 Å². The van der Waals surface area contributed by atoms with Gasteiger partial charge in [0.15, 0.2) is 5.58 Å². The maximum atomic E-state index is 12.2. The molecule has 0 spiro atoms. The summed E-state index contributed by atoms with van der Waals surface area (Å²) in [6.07, 6.45) is 0.636. The zero-order valence-corrected chi connectivity index (χ0v) is 15.2. The number of hydrogen-bond acceptors (Lipinski definition) is 5. The number of oxazole rings is 1. The Labute approximate surface area is 150 Å². The third-order valence-corrected chi connectivity index (χ3v) is 4.85. The lowest BCUT2D eigenvalue weighted by molar-refractivity contribution is 0.415. The molecule has 0 aliphatic rings. The Balaban J connectivity index is 1.98. The zero-order chi connectivity index (χ0) is 18.4. The third kappa shape index (κ3) is 2.39. The zero-order valence-electron chi connectivity index (χ0n) is 15.2. The molecule has 0 unspecified atom stereocenters. The highest BCUT2D eigenvalue weighted by Crippen LogP contribution is 2.33. The minimum Gasteiger partial charge on any atom is -0.497 e. The Bertz CT molecular complexity index is 1180. The van der Waals surface area contributed by atoms with E-state index in [1.54, 1.807) is 7.11 Å². The summed E-state index contributed by atoms with van der Waals surface area (Å²) >= 11 is 0. The molecule has 0 atom stereocenters. The van der Waals surface area contributed by atoms with Gasteiger partial charge in [0.2, 0.25) is 5.89 Å². The van der Waals surface area contributed by atoms with Crippen molar-refractivity contribution in [2.45, 2.75) is 27.2 Å². The summed E-state index contributed by atoms with van der Waals surface area (Å²) < 4.78 is 16.8. The fourth-order valence-electron chi connectivity index (χ4n) is 3.35. The monoisotopic (exact) mass is 349 g/mol. The number of aryl methyl sites for hydroxylation is 2. The van der Waals surface area contributed by atoms with Crippen molar-refractivity contribution in [3.8, 4) is 17.2 Å². The fraction of sp³-hybridized carbons (Fsp3) is 0.238. The van der Waals surface area contributed by atoms with E-state index >= 15 is 0 Å². The van der Waals surface area contributed by atoms with Crippen LogP contribution >= 0.6 is 0 Å². The maximum Gasteiger partial charge on any atom is 0.339 e. The lowest BCUT2D eigenvalue weighted by Gasteiger charge is -2.07. The summed E-state index contributed by atoms with van der Waals surface area (Å²) in [4.78, 5) is 16.9. The Hall–Kier alpha value is -3.08. The van der Waals surface area contributed by atoms with E-state index in [0.29, 0.717) is 29.0 Å². The Morgan fingerprint density at radius 3 is 2.42 bits per heavy atom. The van der Waals surface area contributed by atoms with Crippen LogP contribution in [0.5, 0.6) is 5.75 Å². The maximum absolute atomic E-state index is 12.2. The van der Waals surface area contributed by atoms with Gasteiger partial charge >= 0.3 is 5.63 Å². The van der Waals surface area contributed by atoms with Crippen molar-refractivity contribution in [2.75, 3.05) is 7.11 Å². The van der Waals surface area contributed by atoms with Crippen LogP contribution in [0.15, 0.2) is 44.0 Å². The molecule has 0 radical (unpaired) electrons. The van der Waals surface area contributed by atoms with Crippen LogP contribution in [0.25, 0.3) is 33.5 Å². The minimum absolute atomic E-state index is 0.283. The van der Waals surface area contributed by atoms with Crippen LogP contribution in [-0.4, -0.2) is 12.1 Å². The molecule has 4 rings (SSSR count). The number of fused-ring (bicyclic) bond motifs is 2. The van der Waals surface area contributed by atoms with E-state index in [4.69, 9.17) is 13.6 Å². The molecule has 0 aliphatic heterocycles. The number of rotatable bonds is 3. The fourth-order valence-corrected chi connectivity index (χ4v) is 3.35. The van der Waals surface area contributed by atoms with Crippen LogP contribution in [0.1, 0.15) is 23.6 Å². The summed E-state index contributed by atoms with van der Waals surface area (Å²) in [6.45, 7) is 5.80. The van der Waals surface area contributed by atoms with Gasteiger partial charge in [0.05, 0.1) is 7.11 Å². The van der Waals surface area contributed by atoms with Gasteiger partial charge in [-0.2, -0.15) is 0 Å². The molecule has 0 aliphatic carbocycles. The number of hydrogen-bond donors (Lipinski definition) is 0. The molecule has 0 saturated carbocycles. The highest BCUT2D eigenvalue weighted by molar-refractivity contribution is 5.97. The van der Waals surface area contributed by atoms with Gasteiger partial charge in [0, 0.05) is 22.1 Å². The molecule has 5 nitrogen and oxygen atoms in total. The molecule has 5 heteroatoms. The summed E-state index contributed by atoms with van der Waals surface area (Å²) in [6, 6.07) is 9.47. The van der Waals surface area contributed by atoms with Gasteiger partial charge in [-0.25, -0.2) is 9.78 Å². The molecule has 2 aromatic heterocycles. The van der Waals surface area contributed by atoms with Crippen LogP contribution in [0.2, 0.25) is 0 Å². The second kappa shape index (κ2) is 6.02. The number of benzene rings is 2. The molecular formula is C21H19NO4. The van der Waals surface area contributed by atoms with Gasteiger partial charge in [-0.3, -0.25) is 0 Å². The van der Waals surface area contributed by atoms with Crippen molar-refractivity contribution in [1.82, 2.24) is 4.98 Å². The van der Waals surface area contributed by atoms with Crippen LogP contribution in [0.3, 0.4) is 0 Å². The first-order valence-corrected chi connectivity index (χ1v) is 8.54.